The lowest BCUT2D eigenvalue weighted by atomic mass is 9.95. The zero-order chi connectivity index (χ0) is 17.4. The molecule has 2 fully saturated rings. The second-order valence-corrected chi connectivity index (χ2v) is 7.45. The normalized spacial score (nSPS) is 27.0. The van der Waals surface area contributed by atoms with Gasteiger partial charge in [0.1, 0.15) is 11.4 Å². The third-order valence-electron chi connectivity index (χ3n) is 5.63. The van der Waals surface area contributed by atoms with Crippen LogP contribution in [0.25, 0.3) is 0 Å². The van der Waals surface area contributed by atoms with Crippen LogP contribution in [0.15, 0.2) is 0 Å². The van der Waals surface area contributed by atoms with Gasteiger partial charge in [0.2, 0.25) is 5.82 Å². The second kappa shape index (κ2) is 6.31. The number of carbonyl (C=O) groups excluding carboxylic acids is 2. The molecule has 4 heterocycles. The van der Waals surface area contributed by atoms with Crippen molar-refractivity contribution in [1.82, 2.24) is 24.6 Å². The fraction of sp³-hybridized carbons (Fsp3) is 0.765. The molecular formula is C17H25N5O3. The van der Waals surface area contributed by atoms with E-state index in [1.807, 2.05) is 9.47 Å². The summed E-state index contributed by atoms with van der Waals surface area (Å²) in [6.45, 7) is 2.68. The number of likely N-dealkylation sites (tertiary alicyclic amines) is 1. The molecule has 0 bridgehead atoms. The molecule has 3 aliphatic heterocycles. The van der Waals surface area contributed by atoms with Gasteiger partial charge in [-0.2, -0.15) is 0 Å². The van der Waals surface area contributed by atoms with Crippen LogP contribution >= 0.6 is 0 Å². The van der Waals surface area contributed by atoms with E-state index >= 15 is 0 Å². The summed E-state index contributed by atoms with van der Waals surface area (Å²) in [5.41, 5.74) is -0.442. The molecule has 25 heavy (non-hydrogen) atoms. The first-order chi connectivity index (χ1) is 12.1. The first-order valence-electron chi connectivity index (χ1n) is 9.23. The highest BCUT2D eigenvalue weighted by Crippen LogP contribution is 2.32. The van der Waals surface area contributed by atoms with Crippen LogP contribution in [0.4, 0.5) is 4.79 Å². The second-order valence-electron chi connectivity index (χ2n) is 7.45. The number of amides is 2. The maximum Gasteiger partial charge on any atom is 0.410 e. The summed E-state index contributed by atoms with van der Waals surface area (Å²) < 4.78 is 7.62. The fourth-order valence-corrected chi connectivity index (χ4v) is 4.21. The van der Waals surface area contributed by atoms with Gasteiger partial charge in [0.25, 0.3) is 5.91 Å². The Kier molecular flexibility index (Phi) is 4.13. The molecule has 136 valence electrons. The minimum atomic E-state index is -0.442. The smallest absolute Gasteiger partial charge is 0.410 e. The lowest BCUT2D eigenvalue weighted by molar-refractivity contribution is 0.0437. The Bertz CT molecular complexity index is 688. The Hall–Kier alpha value is -2.12. The molecule has 2 amide bonds. The first-order valence-corrected chi connectivity index (χ1v) is 9.23. The highest BCUT2D eigenvalue weighted by molar-refractivity contribution is 5.90. The van der Waals surface area contributed by atoms with E-state index in [4.69, 9.17) is 4.74 Å². The number of fused-ring (bicyclic) bond motifs is 1. The van der Waals surface area contributed by atoms with Crippen LogP contribution in [-0.4, -0.2) is 68.8 Å². The van der Waals surface area contributed by atoms with Gasteiger partial charge in [-0.25, -0.2) is 4.79 Å². The SMILES string of the molecule is CN1C[C@]2(CCCN(C(=O)c3nnc4n3CCCCC4)CC2)OC1=O. The summed E-state index contributed by atoms with van der Waals surface area (Å²) in [6.07, 6.45) is 6.28. The van der Waals surface area contributed by atoms with E-state index in [0.717, 1.165) is 44.5 Å². The quantitative estimate of drug-likeness (QED) is 0.768. The Morgan fingerprint density at radius 1 is 1.08 bits per heavy atom. The fourth-order valence-electron chi connectivity index (χ4n) is 4.21. The number of aryl methyl sites for hydroxylation is 1. The molecule has 8 heteroatoms. The number of hydrogen-bond acceptors (Lipinski definition) is 5. The van der Waals surface area contributed by atoms with Crippen molar-refractivity contribution in [3.05, 3.63) is 11.6 Å². The van der Waals surface area contributed by atoms with E-state index in [-0.39, 0.29) is 12.0 Å². The van der Waals surface area contributed by atoms with E-state index < -0.39 is 5.60 Å². The molecule has 2 saturated heterocycles. The molecular weight excluding hydrogens is 322 g/mol. The summed E-state index contributed by atoms with van der Waals surface area (Å²) in [5.74, 6) is 1.35. The highest BCUT2D eigenvalue weighted by atomic mass is 16.6. The van der Waals surface area contributed by atoms with Crippen LogP contribution in [0.5, 0.6) is 0 Å². The van der Waals surface area contributed by atoms with Gasteiger partial charge in [-0.3, -0.25) is 4.79 Å². The van der Waals surface area contributed by atoms with Crippen molar-refractivity contribution in [2.24, 2.45) is 0 Å². The Labute approximate surface area is 147 Å². The number of rotatable bonds is 1. The van der Waals surface area contributed by atoms with Crippen molar-refractivity contribution in [3.8, 4) is 0 Å². The van der Waals surface area contributed by atoms with Crippen LogP contribution < -0.4 is 0 Å². The van der Waals surface area contributed by atoms with Crippen molar-refractivity contribution in [1.29, 1.82) is 0 Å². The highest BCUT2D eigenvalue weighted by Gasteiger charge is 2.45. The van der Waals surface area contributed by atoms with Crippen molar-refractivity contribution >= 4 is 12.0 Å². The summed E-state index contributed by atoms with van der Waals surface area (Å²) in [4.78, 5) is 28.2. The topological polar surface area (TPSA) is 80.6 Å². The number of ether oxygens (including phenoxy) is 1. The van der Waals surface area contributed by atoms with Crippen molar-refractivity contribution in [3.63, 3.8) is 0 Å². The van der Waals surface area contributed by atoms with Crippen LogP contribution in [0.1, 0.15) is 55.0 Å². The lowest BCUT2D eigenvalue weighted by Gasteiger charge is -2.25. The van der Waals surface area contributed by atoms with Crippen molar-refractivity contribution in [2.45, 2.75) is 57.1 Å². The zero-order valence-electron chi connectivity index (χ0n) is 14.7. The molecule has 1 aromatic heterocycles. The number of nitrogens with zero attached hydrogens (tertiary/aromatic N) is 5. The van der Waals surface area contributed by atoms with Crippen LogP contribution in [0, 0.1) is 0 Å². The predicted octanol–water partition coefficient (Wildman–Crippen LogP) is 1.45. The maximum absolute atomic E-state index is 13.0. The van der Waals surface area contributed by atoms with E-state index in [0.29, 0.717) is 31.9 Å². The van der Waals surface area contributed by atoms with Gasteiger partial charge in [0, 0.05) is 39.5 Å². The van der Waals surface area contributed by atoms with E-state index in [9.17, 15) is 9.59 Å². The molecule has 1 aromatic rings. The summed E-state index contributed by atoms with van der Waals surface area (Å²) in [6, 6.07) is 0. The van der Waals surface area contributed by atoms with E-state index in [2.05, 4.69) is 10.2 Å². The van der Waals surface area contributed by atoms with Crippen LogP contribution in [0.3, 0.4) is 0 Å². The average Bonchev–Trinajstić information content (AvgIpc) is 2.91. The number of aromatic nitrogens is 3. The first kappa shape index (κ1) is 16.4. The van der Waals surface area contributed by atoms with E-state index in [1.54, 1.807) is 11.9 Å². The number of likely N-dealkylation sites (N-methyl/N-ethyl adjacent to an activating group) is 1. The minimum Gasteiger partial charge on any atom is -0.441 e. The molecule has 0 aromatic carbocycles. The van der Waals surface area contributed by atoms with Gasteiger partial charge in [-0.05, 0) is 25.7 Å². The van der Waals surface area contributed by atoms with Crippen LogP contribution in [0.2, 0.25) is 0 Å². The molecule has 3 aliphatic rings. The molecule has 4 rings (SSSR count). The maximum atomic E-state index is 13.0. The molecule has 0 saturated carbocycles. The summed E-state index contributed by atoms with van der Waals surface area (Å²) >= 11 is 0. The predicted molar refractivity (Wildman–Crippen MR) is 89.2 cm³/mol. The van der Waals surface area contributed by atoms with Gasteiger partial charge < -0.3 is 19.1 Å². The third-order valence-corrected chi connectivity index (χ3v) is 5.63. The molecule has 8 nitrogen and oxygen atoms in total. The molecule has 0 unspecified atom stereocenters. The Morgan fingerprint density at radius 2 is 1.96 bits per heavy atom. The van der Waals surface area contributed by atoms with Gasteiger partial charge >= 0.3 is 6.09 Å². The standard InChI is InChI=1S/C17H25N5O3/c1-20-12-17(25-16(20)24)7-5-9-21(11-8-17)15(23)14-19-18-13-6-3-2-4-10-22(13)14/h2-12H2,1H3/t17-/m1/s1. The Balaban J connectivity index is 1.49. The number of carbonyl (C=O) groups is 2. The third kappa shape index (κ3) is 2.98. The summed E-state index contributed by atoms with van der Waals surface area (Å²) in [5, 5.41) is 8.42. The minimum absolute atomic E-state index is 0.0459. The molecule has 0 N–H and O–H groups in total. The average molecular weight is 347 g/mol. The molecule has 0 aliphatic carbocycles. The molecule has 1 atom stereocenters. The van der Waals surface area contributed by atoms with Gasteiger partial charge in [-0.1, -0.05) is 6.42 Å². The van der Waals surface area contributed by atoms with Crippen LogP contribution in [-0.2, 0) is 17.7 Å². The summed E-state index contributed by atoms with van der Waals surface area (Å²) in [7, 11) is 1.76. The molecule has 1 spiro atoms. The van der Waals surface area contributed by atoms with Gasteiger partial charge in [0.15, 0.2) is 0 Å². The number of hydrogen-bond donors (Lipinski definition) is 0. The molecule has 0 radical (unpaired) electrons. The Morgan fingerprint density at radius 3 is 2.76 bits per heavy atom. The zero-order valence-corrected chi connectivity index (χ0v) is 14.7. The largest absolute Gasteiger partial charge is 0.441 e. The van der Waals surface area contributed by atoms with Gasteiger partial charge in [0.05, 0.1) is 6.54 Å². The van der Waals surface area contributed by atoms with E-state index in [1.165, 1.54) is 6.42 Å². The lowest BCUT2D eigenvalue weighted by Crippen LogP contribution is -2.37. The van der Waals surface area contributed by atoms with Crippen molar-refractivity contribution in [2.75, 3.05) is 26.7 Å². The monoisotopic (exact) mass is 347 g/mol. The van der Waals surface area contributed by atoms with Gasteiger partial charge in [-0.15, -0.1) is 10.2 Å². The van der Waals surface area contributed by atoms with Crippen molar-refractivity contribution < 1.29 is 14.3 Å².